The Hall–Kier alpha value is -2.10. The number of hydrogen-bond donors (Lipinski definition) is 1. The van der Waals surface area contributed by atoms with Gasteiger partial charge in [0.05, 0.1) is 0 Å². The van der Waals surface area contributed by atoms with E-state index in [-0.39, 0.29) is 28.6 Å². The van der Waals surface area contributed by atoms with E-state index in [1.807, 2.05) is 17.0 Å². The molecule has 5 nitrogen and oxygen atoms in total. The molecular formula is C27H34ClF3N4OS. The average Bonchev–Trinajstić information content (AvgIpc) is 3.11. The van der Waals surface area contributed by atoms with Gasteiger partial charge in [-0.2, -0.15) is 13.2 Å². The van der Waals surface area contributed by atoms with Crippen molar-refractivity contribution in [3.63, 3.8) is 0 Å². The molecule has 2 aromatic carbocycles. The summed E-state index contributed by atoms with van der Waals surface area (Å²) >= 11 is 5.91. The van der Waals surface area contributed by atoms with Gasteiger partial charge in [0.2, 0.25) is 5.91 Å². The van der Waals surface area contributed by atoms with Crippen molar-refractivity contribution in [3.05, 3.63) is 53.6 Å². The molecule has 0 unspecified atom stereocenters. The van der Waals surface area contributed by atoms with E-state index in [4.69, 9.17) is 11.6 Å². The number of nitrogens with zero attached hydrogens (tertiary/aromatic N) is 3. The van der Waals surface area contributed by atoms with E-state index in [0.717, 1.165) is 75.7 Å². The van der Waals surface area contributed by atoms with Crippen LogP contribution < -0.4 is 10.2 Å². The lowest BCUT2D eigenvalue weighted by atomic mass is 10.0. The van der Waals surface area contributed by atoms with Gasteiger partial charge in [0.1, 0.15) is 0 Å². The fourth-order valence-corrected chi connectivity index (χ4v) is 5.69. The maximum absolute atomic E-state index is 12.9. The fourth-order valence-electron chi connectivity index (χ4n) is 5.03. The van der Waals surface area contributed by atoms with Gasteiger partial charge in [-0.3, -0.25) is 4.79 Å². The Balaban J connectivity index is 1.17. The molecule has 0 saturated carbocycles. The molecule has 202 valence electrons. The lowest BCUT2D eigenvalue weighted by Crippen LogP contribution is -2.45. The summed E-state index contributed by atoms with van der Waals surface area (Å²) in [5.74, 6) is 0.182. The number of likely N-dealkylation sites (tertiary alicyclic amines) is 1. The zero-order valence-electron chi connectivity index (χ0n) is 20.9. The topological polar surface area (TPSA) is 38.8 Å². The fraction of sp³-hybridized carbons (Fsp3) is 0.519. The van der Waals surface area contributed by atoms with Gasteiger partial charge in [0, 0.05) is 66.5 Å². The zero-order valence-corrected chi connectivity index (χ0v) is 22.4. The third-order valence-corrected chi connectivity index (χ3v) is 7.87. The molecule has 1 amide bonds. The number of carbonyl (C=O) groups excluding carboxylic acids is 1. The van der Waals surface area contributed by atoms with E-state index >= 15 is 0 Å². The number of nitrogens with one attached hydrogen (secondary N) is 1. The van der Waals surface area contributed by atoms with Crippen molar-refractivity contribution in [2.75, 3.05) is 56.0 Å². The second-order valence-electron chi connectivity index (χ2n) is 9.66. The average molecular weight is 555 g/mol. The molecule has 37 heavy (non-hydrogen) atoms. The van der Waals surface area contributed by atoms with E-state index in [9.17, 15) is 18.0 Å². The summed E-state index contributed by atoms with van der Waals surface area (Å²) in [5, 5.41) is 4.14. The van der Waals surface area contributed by atoms with E-state index in [1.54, 1.807) is 12.1 Å². The minimum Gasteiger partial charge on any atom is -0.381 e. The molecule has 0 bridgehead atoms. The minimum absolute atomic E-state index is 0.100. The summed E-state index contributed by atoms with van der Waals surface area (Å²) in [5.41, 5.74) is -2.31. The number of anilines is 2. The Morgan fingerprint density at radius 3 is 2.46 bits per heavy atom. The quantitative estimate of drug-likeness (QED) is 0.385. The van der Waals surface area contributed by atoms with E-state index in [1.165, 1.54) is 17.8 Å². The summed E-state index contributed by atoms with van der Waals surface area (Å²) in [6, 6.07) is 14.4. The number of alkyl halides is 3. The van der Waals surface area contributed by atoms with Crippen LogP contribution in [0, 0.1) is 0 Å². The van der Waals surface area contributed by atoms with Crippen LogP contribution in [-0.4, -0.2) is 73.1 Å². The lowest BCUT2D eigenvalue weighted by Gasteiger charge is -2.34. The van der Waals surface area contributed by atoms with E-state index in [2.05, 4.69) is 27.2 Å². The molecule has 2 fully saturated rings. The summed E-state index contributed by atoms with van der Waals surface area (Å²) in [7, 11) is 0. The number of amides is 1. The van der Waals surface area contributed by atoms with Crippen molar-refractivity contribution in [2.24, 2.45) is 0 Å². The van der Waals surface area contributed by atoms with Gasteiger partial charge in [-0.15, -0.1) is 0 Å². The first-order valence-electron chi connectivity index (χ1n) is 12.9. The number of rotatable bonds is 8. The number of thioether (sulfide) groups is 1. The molecular weight excluding hydrogens is 521 g/mol. The predicted molar refractivity (Wildman–Crippen MR) is 146 cm³/mol. The van der Waals surface area contributed by atoms with E-state index in [0.29, 0.717) is 13.0 Å². The Morgan fingerprint density at radius 1 is 0.973 bits per heavy atom. The normalized spacial score (nSPS) is 19.5. The van der Waals surface area contributed by atoms with Gasteiger partial charge in [0.15, 0.2) is 0 Å². The van der Waals surface area contributed by atoms with Crippen molar-refractivity contribution in [3.8, 4) is 0 Å². The number of halogens is 4. The maximum Gasteiger partial charge on any atom is 0.446 e. The lowest BCUT2D eigenvalue weighted by molar-refractivity contribution is -0.132. The third-order valence-electron chi connectivity index (χ3n) is 6.88. The first kappa shape index (κ1) is 27.9. The number of hydrogen-bond acceptors (Lipinski definition) is 5. The van der Waals surface area contributed by atoms with Crippen LogP contribution in [0.4, 0.5) is 24.5 Å². The van der Waals surface area contributed by atoms with Crippen LogP contribution in [0.25, 0.3) is 0 Å². The first-order valence-corrected chi connectivity index (χ1v) is 14.1. The number of piperidine rings is 1. The first-order chi connectivity index (χ1) is 17.7. The predicted octanol–water partition coefficient (Wildman–Crippen LogP) is 6.35. The van der Waals surface area contributed by atoms with Crippen LogP contribution in [0.5, 0.6) is 0 Å². The van der Waals surface area contributed by atoms with Gasteiger partial charge in [-0.1, -0.05) is 11.6 Å². The summed E-state index contributed by atoms with van der Waals surface area (Å²) < 4.78 is 37.6. The standard InChI is InChI=1S/C27H34ClF3N4OS/c28-21-6-10-24(11-7-21)34-17-3-15-33(18-19-34)14-2-5-26(36)35-16-1-4-23(20-35)32-22-8-12-25(13-9-22)37-27(29,30)31/h6-13,23,32H,1-5,14-20H2/t23-/m0/s1. The van der Waals surface area contributed by atoms with Crippen molar-refractivity contribution >= 4 is 40.6 Å². The molecule has 1 atom stereocenters. The van der Waals surface area contributed by atoms with Gasteiger partial charge >= 0.3 is 5.51 Å². The number of carbonyl (C=O) groups is 1. The molecule has 2 aliphatic rings. The smallest absolute Gasteiger partial charge is 0.381 e. The molecule has 10 heteroatoms. The summed E-state index contributed by atoms with van der Waals surface area (Å²) in [6.07, 6.45) is 4.31. The van der Waals surface area contributed by atoms with Crippen LogP contribution >= 0.6 is 23.4 Å². The highest BCUT2D eigenvalue weighted by Crippen LogP contribution is 2.37. The van der Waals surface area contributed by atoms with Crippen LogP contribution in [0.1, 0.15) is 32.1 Å². The van der Waals surface area contributed by atoms with Gasteiger partial charge in [-0.25, -0.2) is 0 Å². The second kappa shape index (κ2) is 13.1. The van der Waals surface area contributed by atoms with Crippen LogP contribution in [0.15, 0.2) is 53.4 Å². The largest absolute Gasteiger partial charge is 0.446 e. The van der Waals surface area contributed by atoms with Crippen LogP contribution in [0.3, 0.4) is 0 Å². The highest BCUT2D eigenvalue weighted by Gasteiger charge is 2.29. The Morgan fingerprint density at radius 2 is 1.73 bits per heavy atom. The molecule has 2 saturated heterocycles. The Bertz CT molecular complexity index is 1010. The van der Waals surface area contributed by atoms with Gasteiger partial charge < -0.3 is 20.0 Å². The van der Waals surface area contributed by atoms with Gasteiger partial charge in [-0.05, 0) is 99.1 Å². The van der Waals surface area contributed by atoms with Crippen molar-refractivity contribution in [1.82, 2.24) is 9.80 Å². The SMILES string of the molecule is O=C(CCCN1CCCN(c2ccc(Cl)cc2)CC1)N1CCC[C@H](Nc2ccc(SC(F)(F)F)cc2)C1. The molecule has 2 aromatic rings. The summed E-state index contributed by atoms with van der Waals surface area (Å²) in [4.78, 5) is 19.8. The molecule has 0 aliphatic carbocycles. The van der Waals surface area contributed by atoms with E-state index < -0.39 is 5.51 Å². The van der Waals surface area contributed by atoms with Crippen LogP contribution in [-0.2, 0) is 4.79 Å². The molecule has 0 radical (unpaired) electrons. The third kappa shape index (κ3) is 9.00. The highest BCUT2D eigenvalue weighted by atomic mass is 35.5. The molecule has 0 spiro atoms. The van der Waals surface area contributed by atoms with Gasteiger partial charge in [0.25, 0.3) is 0 Å². The van der Waals surface area contributed by atoms with Crippen molar-refractivity contribution in [2.45, 2.75) is 48.5 Å². The molecule has 1 N–H and O–H groups in total. The second-order valence-corrected chi connectivity index (χ2v) is 11.2. The van der Waals surface area contributed by atoms with Crippen molar-refractivity contribution in [1.29, 1.82) is 0 Å². The maximum atomic E-state index is 12.9. The number of benzene rings is 2. The summed E-state index contributed by atoms with van der Waals surface area (Å²) in [6.45, 7) is 6.29. The Labute approximate surface area is 226 Å². The Kier molecular flexibility index (Phi) is 9.90. The highest BCUT2D eigenvalue weighted by molar-refractivity contribution is 8.00. The van der Waals surface area contributed by atoms with Crippen LogP contribution in [0.2, 0.25) is 5.02 Å². The molecule has 0 aromatic heterocycles. The zero-order chi connectivity index (χ0) is 26.3. The molecule has 2 aliphatic heterocycles. The monoisotopic (exact) mass is 554 g/mol. The molecule has 4 rings (SSSR count). The minimum atomic E-state index is -4.29. The van der Waals surface area contributed by atoms with Crippen molar-refractivity contribution < 1.29 is 18.0 Å². The molecule has 2 heterocycles.